The summed E-state index contributed by atoms with van der Waals surface area (Å²) in [6.07, 6.45) is 7.57. The molecule has 0 aromatic carbocycles. The maximum atomic E-state index is 11.6. The van der Waals surface area contributed by atoms with Crippen LogP contribution >= 0.6 is 15.9 Å². The van der Waals surface area contributed by atoms with E-state index >= 15 is 0 Å². The molecule has 0 bridgehead atoms. The summed E-state index contributed by atoms with van der Waals surface area (Å²) in [6.45, 7) is -0.0963. The Morgan fingerprint density at radius 1 is 1.25 bits per heavy atom. The van der Waals surface area contributed by atoms with Gasteiger partial charge in [-0.25, -0.2) is 9.59 Å². The highest BCUT2D eigenvalue weighted by molar-refractivity contribution is 9.10. The van der Waals surface area contributed by atoms with Gasteiger partial charge in [0.15, 0.2) is 11.3 Å². The van der Waals surface area contributed by atoms with E-state index in [2.05, 4.69) is 32.6 Å². The molecule has 0 atom stereocenters. The molecule has 0 unspecified atom stereocenters. The first-order chi connectivity index (χ1) is 11.5. The maximum absolute atomic E-state index is 11.6. The fourth-order valence-electron chi connectivity index (χ4n) is 2.30. The lowest BCUT2D eigenvalue weighted by molar-refractivity contribution is -0.123. The average molecular weight is 399 g/mol. The van der Waals surface area contributed by atoms with Crippen molar-refractivity contribution in [1.29, 1.82) is 0 Å². The van der Waals surface area contributed by atoms with Gasteiger partial charge in [-0.1, -0.05) is 11.6 Å². The Kier molecular flexibility index (Phi) is 7.05. The van der Waals surface area contributed by atoms with Gasteiger partial charge in [0, 0.05) is 6.54 Å². The van der Waals surface area contributed by atoms with Gasteiger partial charge in [-0.3, -0.25) is 10.1 Å². The number of ether oxygens (including phenoxy) is 1. The van der Waals surface area contributed by atoms with E-state index in [9.17, 15) is 14.4 Å². The summed E-state index contributed by atoms with van der Waals surface area (Å²) in [7, 11) is 0. The molecule has 2 N–H and O–H groups in total. The van der Waals surface area contributed by atoms with Crippen LogP contribution in [0.2, 0.25) is 0 Å². The van der Waals surface area contributed by atoms with Crippen molar-refractivity contribution in [1.82, 2.24) is 10.6 Å². The largest absolute Gasteiger partial charge is 0.450 e. The maximum Gasteiger partial charge on any atom is 0.374 e. The van der Waals surface area contributed by atoms with Crippen molar-refractivity contribution in [2.45, 2.75) is 32.1 Å². The number of halogens is 1. The highest BCUT2D eigenvalue weighted by Gasteiger charge is 2.15. The molecule has 1 aromatic rings. The molecule has 24 heavy (non-hydrogen) atoms. The van der Waals surface area contributed by atoms with Crippen LogP contribution < -0.4 is 10.6 Å². The van der Waals surface area contributed by atoms with Gasteiger partial charge in [-0.05, 0) is 60.2 Å². The first-order valence-corrected chi connectivity index (χ1v) is 8.52. The molecule has 1 aliphatic rings. The molecule has 1 aromatic heterocycles. The minimum absolute atomic E-state index is 0.0279. The number of urea groups is 1. The number of nitrogens with one attached hydrogen (secondary N) is 2. The quantitative estimate of drug-likeness (QED) is 0.566. The zero-order valence-corrected chi connectivity index (χ0v) is 14.7. The van der Waals surface area contributed by atoms with Gasteiger partial charge in [0.1, 0.15) is 0 Å². The smallest absolute Gasteiger partial charge is 0.374 e. The summed E-state index contributed by atoms with van der Waals surface area (Å²) < 4.78 is 10.1. The number of imide groups is 1. The van der Waals surface area contributed by atoms with Crippen LogP contribution in [0.5, 0.6) is 0 Å². The van der Waals surface area contributed by atoms with Gasteiger partial charge >= 0.3 is 12.0 Å². The van der Waals surface area contributed by atoms with Crippen LogP contribution in [0.15, 0.2) is 32.9 Å². The number of hydrogen-bond donors (Lipinski definition) is 2. The number of amides is 3. The van der Waals surface area contributed by atoms with Crippen molar-refractivity contribution in [2.75, 3.05) is 13.2 Å². The van der Waals surface area contributed by atoms with Crippen LogP contribution in [-0.2, 0) is 9.53 Å². The molecule has 1 heterocycles. The summed E-state index contributed by atoms with van der Waals surface area (Å²) in [4.78, 5) is 34.7. The van der Waals surface area contributed by atoms with Gasteiger partial charge in [0.25, 0.3) is 5.91 Å². The van der Waals surface area contributed by atoms with E-state index in [1.54, 1.807) is 0 Å². The zero-order valence-electron chi connectivity index (χ0n) is 13.1. The van der Waals surface area contributed by atoms with E-state index in [0.29, 0.717) is 11.2 Å². The number of allylic oxidation sites excluding steroid dienone is 1. The van der Waals surface area contributed by atoms with Crippen molar-refractivity contribution in [2.24, 2.45) is 0 Å². The molecule has 0 fully saturated rings. The minimum atomic E-state index is -0.777. The SMILES string of the molecule is O=C(COC(=O)c1ccc(Br)o1)NC(=O)NCCC1=CCCCC1. The Bertz CT molecular complexity index is 638. The molecule has 0 saturated heterocycles. The zero-order chi connectivity index (χ0) is 17.4. The Morgan fingerprint density at radius 3 is 2.75 bits per heavy atom. The number of esters is 1. The van der Waals surface area contributed by atoms with Crippen LogP contribution in [0.4, 0.5) is 4.79 Å². The van der Waals surface area contributed by atoms with Crippen molar-refractivity contribution in [3.05, 3.63) is 34.2 Å². The summed E-state index contributed by atoms with van der Waals surface area (Å²) in [6, 6.07) is 2.34. The third kappa shape index (κ3) is 6.19. The van der Waals surface area contributed by atoms with E-state index in [1.165, 1.54) is 30.5 Å². The molecule has 3 amide bonds. The monoisotopic (exact) mass is 398 g/mol. The lowest BCUT2D eigenvalue weighted by Gasteiger charge is -2.13. The average Bonchev–Trinajstić information content (AvgIpc) is 3.00. The molecular formula is C16H19BrN2O5. The Morgan fingerprint density at radius 2 is 2.08 bits per heavy atom. The van der Waals surface area contributed by atoms with Gasteiger partial charge < -0.3 is 14.5 Å². The Hall–Kier alpha value is -2.09. The molecule has 7 nitrogen and oxygen atoms in total. The highest BCUT2D eigenvalue weighted by atomic mass is 79.9. The second kappa shape index (κ2) is 9.27. The first kappa shape index (κ1) is 18.3. The van der Waals surface area contributed by atoms with Gasteiger partial charge in [-0.15, -0.1) is 0 Å². The third-order valence-corrected chi connectivity index (χ3v) is 3.90. The Labute approximate surface area is 147 Å². The number of furan rings is 1. The van der Waals surface area contributed by atoms with Crippen LogP contribution in [0, 0.1) is 0 Å². The van der Waals surface area contributed by atoms with Crippen molar-refractivity contribution >= 4 is 33.8 Å². The molecule has 130 valence electrons. The van der Waals surface area contributed by atoms with Crippen molar-refractivity contribution in [3.63, 3.8) is 0 Å². The highest BCUT2D eigenvalue weighted by Crippen LogP contribution is 2.19. The van der Waals surface area contributed by atoms with Crippen LogP contribution in [0.1, 0.15) is 42.7 Å². The van der Waals surface area contributed by atoms with Crippen LogP contribution in [0.25, 0.3) is 0 Å². The van der Waals surface area contributed by atoms with Gasteiger partial charge in [0.05, 0.1) is 0 Å². The standard InChI is InChI=1S/C16H19BrN2O5/c17-13-7-6-12(24-13)15(21)23-10-14(20)19-16(22)18-9-8-11-4-2-1-3-5-11/h4,6-7H,1-3,5,8-10H2,(H2,18,19,20,22). The van der Waals surface area contributed by atoms with Gasteiger partial charge in [0.2, 0.25) is 5.76 Å². The molecule has 8 heteroatoms. The van der Waals surface area contributed by atoms with E-state index in [4.69, 9.17) is 9.15 Å². The number of carbonyl (C=O) groups excluding carboxylic acids is 3. The normalized spacial score (nSPS) is 13.8. The summed E-state index contributed by atoms with van der Waals surface area (Å²) in [5.41, 5.74) is 1.34. The van der Waals surface area contributed by atoms with E-state index in [1.807, 2.05) is 0 Å². The molecule has 1 aliphatic carbocycles. The Balaban J connectivity index is 1.61. The van der Waals surface area contributed by atoms with E-state index < -0.39 is 24.5 Å². The predicted octanol–water partition coefficient (Wildman–Crippen LogP) is 2.92. The van der Waals surface area contributed by atoms with E-state index in [-0.39, 0.29) is 5.76 Å². The molecule has 0 saturated carbocycles. The third-order valence-electron chi connectivity index (χ3n) is 3.48. The number of hydrogen-bond acceptors (Lipinski definition) is 5. The summed E-state index contributed by atoms with van der Waals surface area (Å²) in [5, 5.41) is 4.71. The second-order valence-electron chi connectivity index (χ2n) is 5.34. The van der Waals surface area contributed by atoms with Crippen molar-refractivity contribution in [3.8, 4) is 0 Å². The summed E-state index contributed by atoms with van der Waals surface area (Å²) >= 11 is 3.06. The molecule has 0 aliphatic heterocycles. The predicted molar refractivity (Wildman–Crippen MR) is 89.4 cm³/mol. The van der Waals surface area contributed by atoms with Crippen LogP contribution in [-0.4, -0.2) is 31.1 Å². The van der Waals surface area contributed by atoms with E-state index in [0.717, 1.165) is 19.3 Å². The summed E-state index contributed by atoms with van der Waals surface area (Å²) in [5.74, 6) is -1.51. The lowest BCUT2D eigenvalue weighted by Crippen LogP contribution is -2.41. The lowest BCUT2D eigenvalue weighted by atomic mass is 9.97. The first-order valence-electron chi connectivity index (χ1n) is 7.72. The molecular weight excluding hydrogens is 380 g/mol. The second-order valence-corrected chi connectivity index (χ2v) is 6.12. The van der Waals surface area contributed by atoms with Crippen molar-refractivity contribution < 1.29 is 23.5 Å². The minimum Gasteiger partial charge on any atom is -0.450 e. The fraction of sp³-hybridized carbons (Fsp3) is 0.438. The molecule has 0 spiro atoms. The molecule has 0 radical (unpaired) electrons. The molecule has 2 rings (SSSR count). The van der Waals surface area contributed by atoms with Gasteiger partial charge in [-0.2, -0.15) is 0 Å². The topological polar surface area (TPSA) is 97.6 Å². The fourth-order valence-corrected chi connectivity index (χ4v) is 2.61. The number of rotatable bonds is 6. The number of carbonyl (C=O) groups is 3. The van der Waals surface area contributed by atoms with Crippen LogP contribution in [0.3, 0.4) is 0 Å².